The topological polar surface area (TPSA) is 68.9 Å². The highest BCUT2D eigenvalue weighted by molar-refractivity contribution is 5.85. The molecule has 0 amide bonds. The summed E-state index contributed by atoms with van der Waals surface area (Å²) in [7, 11) is 0. The Hall–Kier alpha value is -1.97. The molecular formula is C9H7N3O. The molecule has 4 heteroatoms. The van der Waals surface area contributed by atoms with Gasteiger partial charge in [-0.05, 0) is 12.1 Å². The van der Waals surface area contributed by atoms with Crippen LogP contribution in [0.5, 0.6) is 0 Å². The van der Waals surface area contributed by atoms with E-state index in [2.05, 4.69) is 9.97 Å². The van der Waals surface area contributed by atoms with Crippen molar-refractivity contribution in [3.05, 3.63) is 30.0 Å². The molecule has 0 atom stereocenters. The molecule has 1 heterocycles. The van der Waals surface area contributed by atoms with Gasteiger partial charge in [-0.2, -0.15) is 0 Å². The smallest absolute Gasteiger partial charge is 0.172 e. The van der Waals surface area contributed by atoms with Crippen molar-refractivity contribution in [3.63, 3.8) is 0 Å². The van der Waals surface area contributed by atoms with Crippen molar-refractivity contribution in [1.82, 2.24) is 9.97 Å². The van der Waals surface area contributed by atoms with Crippen LogP contribution in [0, 0.1) is 0 Å². The molecule has 0 aliphatic rings. The summed E-state index contributed by atoms with van der Waals surface area (Å²) >= 11 is 0. The number of fused-ring (bicyclic) bond motifs is 1. The fourth-order valence-electron chi connectivity index (χ4n) is 1.11. The minimum absolute atomic E-state index is 0.175. The first-order valence-corrected chi connectivity index (χ1v) is 3.78. The second kappa shape index (κ2) is 2.82. The van der Waals surface area contributed by atoms with Crippen LogP contribution in [-0.2, 0) is 0 Å². The number of nitrogens with two attached hydrogens (primary N) is 1. The Morgan fingerprint density at radius 2 is 1.77 bits per heavy atom. The maximum atomic E-state index is 10.5. The molecule has 0 bridgehead atoms. The van der Waals surface area contributed by atoms with E-state index < -0.39 is 0 Å². The monoisotopic (exact) mass is 173 g/mol. The number of carbonyl (C=O) groups is 1. The highest BCUT2D eigenvalue weighted by Crippen LogP contribution is 2.12. The second-order valence-electron chi connectivity index (χ2n) is 2.60. The lowest BCUT2D eigenvalue weighted by atomic mass is 10.3. The van der Waals surface area contributed by atoms with Gasteiger partial charge in [-0.1, -0.05) is 12.1 Å². The number of rotatable bonds is 1. The summed E-state index contributed by atoms with van der Waals surface area (Å²) in [4.78, 5) is 18.6. The summed E-state index contributed by atoms with van der Waals surface area (Å²) in [6, 6.07) is 7.26. The molecule has 2 aromatic rings. The molecule has 0 spiro atoms. The van der Waals surface area contributed by atoms with E-state index in [0.717, 1.165) is 0 Å². The van der Waals surface area contributed by atoms with Crippen molar-refractivity contribution in [2.24, 2.45) is 0 Å². The highest BCUT2D eigenvalue weighted by Gasteiger charge is 2.02. The fraction of sp³-hybridized carbons (Fsp3) is 0. The Morgan fingerprint density at radius 3 is 2.38 bits per heavy atom. The quantitative estimate of drug-likeness (QED) is 0.654. The average Bonchev–Trinajstić information content (AvgIpc) is 2.17. The summed E-state index contributed by atoms with van der Waals surface area (Å²) in [5.41, 5.74) is 7.06. The summed E-state index contributed by atoms with van der Waals surface area (Å²) < 4.78 is 0. The predicted octanol–water partition coefficient (Wildman–Crippen LogP) is 1.02. The first-order valence-electron chi connectivity index (χ1n) is 3.78. The summed E-state index contributed by atoms with van der Waals surface area (Å²) in [5.74, 6) is 0.175. The molecule has 4 nitrogen and oxygen atoms in total. The van der Waals surface area contributed by atoms with E-state index in [9.17, 15) is 4.79 Å². The Kier molecular flexibility index (Phi) is 1.66. The Bertz CT molecular complexity index is 467. The molecule has 2 N–H and O–H groups in total. The number of nitrogen functional groups attached to an aromatic ring is 1. The molecule has 1 aromatic heterocycles. The first kappa shape index (κ1) is 7.67. The molecule has 0 unspecified atom stereocenters. The van der Waals surface area contributed by atoms with E-state index >= 15 is 0 Å². The van der Waals surface area contributed by atoms with E-state index in [4.69, 9.17) is 5.73 Å². The zero-order valence-corrected chi connectivity index (χ0v) is 6.77. The van der Waals surface area contributed by atoms with Crippen LogP contribution in [0.4, 0.5) is 5.82 Å². The maximum Gasteiger partial charge on any atom is 0.172 e. The molecule has 0 aliphatic carbocycles. The van der Waals surface area contributed by atoms with Crippen molar-refractivity contribution in [1.29, 1.82) is 0 Å². The molecule has 0 radical (unpaired) electrons. The third-order valence-electron chi connectivity index (χ3n) is 1.74. The van der Waals surface area contributed by atoms with Crippen LogP contribution in [0.25, 0.3) is 11.0 Å². The lowest BCUT2D eigenvalue weighted by Gasteiger charge is -1.99. The van der Waals surface area contributed by atoms with Crippen molar-refractivity contribution < 1.29 is 4.79 Å². The fourth-order valence-corrected chi connectivity index (χ4v) is 1.11. The minimum Gasteiger partial charge on any atom is -0.382 e. The number of aldehydes is 1. The van der Waals surface area contributed by atoms with E-state index in [1.807, 2.05) is 12.1 Å². The molecule has 0 aliphatic heterocycles. The van der Waals surface area contributed by atoms with Crippen molar-refractivity contribution >= 4 is 23.1 Å². The van der Waals surface area contributed by atoms with Gasteiger partial charge in [-0.3, -0.25) is 4.79 Å². The minimum atomic E-state index is 0.175. The van der Waals surface area contributed by atoms with Gasteiger partial charge in [0.05, 0.1) is 11.0 Å². The first-order chi connectivity index (χ1) is 6.31. The number of para-hydroxylation sites is 2. The van der Waals surface area contributed by atoms with Gasteiger partial charge in [-0.25, -0.2) is 9.97 Å². The summed E-state index contributed by atoms with van der Waals surface area (Å²) in [5, 5.41) is 0. The number of nitrogens with zero attached hydrogens (tertiary/aromatic N) is 2. The van der Waals surface area contributed by atoms with Gasteiger partial charge >= 0.3 is 0 Å². The molecule has 2 rings (SSSR count). The van der Waals surface area contributed by atoms with Crippen LogP contribution >= 0.6 is 0 Å². The Morgan fingerprint density at radius 1 is 1.15 bits per heavy atom. The van der Waals surface area contributed by atoms with Gasteiger partial charge in [0.2, 0.25) is 0 Å². The number of hydrogen-bond acceptors (Lipinski definition) is 4. The van der Waals surface area contributed by atoms with Crippen molar-refractivity contribution in [3.8, 4) is 0 Å². The van der Waals surface area contributed by atoms with E-state index in [0.29, 0.717) is 17.3 Å². The zero-order chi connectivity index (χ0) is 9.26. The van der Waals surface area contributed by atoms with Crippen LogP contribution in [0.1, 0.15) is 10.5 Å². The van der Waals surface area contributed by atoms with Crippen LogP contribution in [0.3, 0.4) is 0 Å². The Labute approximate surface area is 74.4 Å². The number of carbonyl (C=O) groups excluding carboxylic acids is 1. The largest absolute Gasteiger partial charge is 0.382 e. The molecular weight excluding hydrogens is 166 g/mol. The number of anilines is 1. The van der Waals surface area contributed by atoms with Gasteiger partial charge in [0.25, 0.3) is 0 Å². The van der Waals surface area contributed by atoms with Gasteiger partial charge in [0.1, 0.15) is 5.69 Å². The number of benzene rings is 1. The lowest BCUT2D eigenvalue weighted by molar-refractivity contribution is 0.112. The normalized spacial score (nSPS) is 10.2. The van der Waals surface area contributed by atoms with E-state index in [-0.39, 0.29) is 11.5 Å². The van der Waals surface area contributed by atoms with Crippen molar-refractivity contribution in [2.45, 2.75) is 0 Å². The number of hydrogen-bond donors (Lipinski definition) is 1. The van der Waals surface area contributed by atoms with Crippen LogP contribution in [0.2, 0.25) is 0 Å². The molecule has 64 valence electrons. The molecule has 0 saturated heterocycles. The standard InChI is InChI=1S/C9H7N3O/c10-9-8(5-13)11-6-3-1-2-4-7(6)12-9/h1-5H,(H2,10,12). The third kappa shape index (κ3) is 1.22. The second-order valence-corrected chi connectivity index (χ2v) is 2.60. The number of aromatic nitrogens is 2. The van der Waals surface area contributed by atoms with Crippen LogP contribution in [0.15, 0.2) is 24.3 Å². The maximum absolute atomic E-state index is 10.5. The molecule has 0 fully saturated rings. The summed E-state index contributed by atoms with van der Waals surface area (Å²) in [6.45, 7) is 0. The molecule has 0 saturated carbocycles. The molecule has 1 aromatic carbocycles. The van der Waals surface area contributed by atoms with Crippen LogP contribution in [-0.4, -0.2) is 16.3 Å². The van der Waals surface area contributed by atoms with Gasteiger partial charge in [0, 0.05) is 0 Å². The lowest BCUT2D eigenvalue weighted by Crippen LogP contribution is -2.00. The van der Waals surface area contributed by atoms with Crippen LogP contribution < -0.4 is 5.73 Å². The average molecular weight is 173 g/mol. The Balaban J connectivity index is 2.81. The predicted molar refractivity (Wildman–Crippen MR) is 49.3 cm³/mol. The molecule has 13 heavy (non-hydrogen) atoms. The highest BCUT2D eigenvalue weighted by atomic mass is 16.1. The summed E-state index contributed by atoms with van der Waals surface area (Å²) in [6.07, 6.45) is 0.606. The van der Waals surface area contributed by atoms with Gasteiger partial charge < -0.3 is 5.73 Å². The van der Waals surface area contributed by atoms with Gasteiger partial charge in [0.15, 0.2) is 12.1 Å². The zero-order valence-electron chi connectivity index (χ0n) is 6.77. The SMILES string of the molecule is Nc1nc2ccccc2nc1C=O. The third-order valence-corrected chi connectivity index (χ3v) is 1.74. The van der Waals surface area contributed by atoms with E-state index in [1.165, 1.54) is 0 Å². The van der Waals surface area contributed by atoms with Crippen molar-refractivity contribution in [2.75, 3.05) is 5.73 Å². The van der Waals surface area contributed by atoms with E-state index in [1.54, 1.807) is 12.1 Å². The van der Waals surface area contributed by atoms with Gasteiger partial charge in [-0.15, -0.1) is 0 Å².